The lowest BCUT2D eigenvalue weighted by atomic mass is 10.0. The predicted molar refractivity (Wildman–Crippen MR) is 122 cm³/mol. The summed E-state index contributed by atoms with van der Waals surface area (Å²) in [4.78, 5) is 18.0. The van der Waals surface area contributed by atoms with Gasteiger partial charge in [-0.25, -0.2) is 4.98 Å². The molecule has 3 aromatic carbocycles. The van der Waals surface area contributed by atoms with E-state index in [2.05, 4.69) is 34.6 Å². The van der Waals surface area contributed by atoms with Crippen molar-refractivity contribution in [2.45, 2.75) is 11.3 Å². The molecule has 0 bridgehead atoms. The van der Waals surface area contributed by atoms with Gasteiger partial charge in [-0.15, -0.1) is 23.1 Å². The second-order valence-electron chi connectivity index (χ2n) is 6.39. The highest BCUT2D eigenvalue weighted by Gasteiger charge is 2.10. The van der Waals surface area contributed by atoms with E-state index in [9.17, 15) is 4.79 Å². The lowest BCUT2D eigenvalue weighted by Crippen LogP contribution is -2.11. The summed E-state index contributed by atoms with van der Waals surface area (Å²) in [6.45, 7) is 0. The van der Waals surface area contributed by atoms with Crippen molar-refractivity contribution >= 4 is 44.9 Å². The number of ether oxygens (including phenoxy) is 1. The number of thiazole rings is 1. The molecule has 29 heavy (non-hydrogen) atoms. The van der Waals surface area contributed by atoms with Gasteiger partial charge in [-0.1, -0.05) is 42.5 Å². The highest BCUT2D eigenvalue weighted by Crippen LogP contribution is 2.31. The quantitative estimate of drug-likeness (QED) is 0.367. The molecule has 0 aliphatic rings. The molecule has 146 valence electrons. The van der Waals surface area contributed by atoms with Gasteiger partial charge in [0.25, 0.3) is 0 Å². The number of benzene rings is 3. The summed E-state index contributed by atoms with van der Waals surface area (Å²) < 4.78 is 5.16. The second kappa shape index (κ2) is 9.11. The standard InChI is InChI=1S/C23H20N2O2S2/c1-27-17-9-11-18(12-10-17)28-14-13-22(26)25-23-24-21(15-29-23)20-8-4-6-16-5-2-3-7-19(16)20/h2-12,15H,13-14H2,1H3,(H,24,25,26). The van der Waals surface area contributed by atoms with Gasteiger partial charge >= 0.3 is 0 Å². The van der Waals surface area contributed by atoms with E-state index in [-0.39, 0.29) is 5.91 Å². The van der Waals surface area contributed by atoms with Gasteiger partial charge in [0, 0.05) is 28.0 Å². The van der Waals surface area contributed by atoms with E-state index in [4.69, 9.17) is 4.74 Å². The molecule has 0 spiro atoms. The van der Waals surface area contributed by atoms with Crippen LogP contribution in [-0.4, -0.2) is 23.8 Å². The minimum atomic E-state index is -0.0233. The van der Waals surface area contributed by atoms with E-state index in [1.165, 1.54) is 16.7 Å². The molecule has 4 rings (SSSR count). The molecule has 0 atom stereocenters. The van der Waals surface area contributed by atoms with Crippen molar-refractivity contribution in [3.8, 4) is 17.0 Å². The van der Waals surface area contributed by atoms with Crippen molar-refractivity contribution in [1.82, 2.24) is 4.98 Å². The van der Waals surface area contributed by atoms with Crippen LogP contribution in [0.2, 0.25) is 0 Å². The van der Waals surface area contributed by atoms with E-state index < -0.39 is 0 Å². The average Bonchev–Trinajstić information content (AvgIpc) is 3.22. The first-order valence-electron chi connectivity index (χ1n) is 9.23. The first kappa shape index (κ1) is 19.5. The van der Waals surface area contributed by atoms with Crippen LogP contribution in [0.25, 0.3) is 22.0 Å². The summed E-state index contributed by atoms with van der Waals surface area (Å²) in [5, 5.41) is 7.88. The van der Waals surface area contributed by atoms with E-state index in [1.807, 2.05) is 47.8 Å². The number of methoxy groups -OCH3 is 1. The van der Waals surface area contributed by atoms with Crippen molar-refractivity contribution in [2.24, 2.45) is 0 Å². The zero-order valence-electron chi connectivity index (χ0n) is 15.9. The first-order valence-corrected chi connectivity index (χ1v) is 11.1. The number of hydrogen-bond acceptors (Lipinski definition) is 5. The summed E-state index contributed by atoms with van der Waals surface area (Å²) in [7, 11) is 1.65. The third kappa shape index (κ3) is 4.78. The molecule has 4 aromatic rings. The normalized spacial score (nSPS) is 10.8. The summed E-state index contributed by atoms with van der Waals surface area (Å²) in [6, 6.07) is 22.3. The molecular weight excluding hydrogens is 400 g/mol. The molecule has 4 nitrogen and oxygen atoms in total. The molecule has 0 unspecified atom stereocenters. The minimum Gasteiger partial charge on any atom is -0.497 e. The number of thioether (sulfide) groups is 1. The third-order valence-corrected chi connectivity index (χ3v) is 6.24. The van der Waals surface area contributed by atoms with Gasteiger partial charge in [0.1, 0.15) is 5.75 Å². The molecule has 1 amide bonds. The minimum absolute atomic E-state index is 0.0233. The predicted octanol–water partition coefficient (Wildman–Crippen LogP) is 6.09. The molecule has 0 aliphatic heterocycles. The van der Waals surface area contributed by atoms with Crippen molar-refractivity contribution in [3.63, 3.8) is 0 Å². The number of hydrogen-bond donors (Lipinski definition) is 1. The Hall–Kier alpha value is -2.83. The number of fused-ring (bicyclic) bond motifs is 1. The van der Waals surface area contributed by atoms with Crippen LogP contribution in [0.5, 0.6) is 5.75 Å². The number of aromatic nitrogens is 1. The number of nitrogens with zero attached hydrogens (tertiary/aromatic N) is 1. The van der Waals surface area contributed by atoms with Gasteiger partial charge in [0.2, 0.25) is 5.91 Å². The Morgan fingerprint density at radius 3 is 2.69 bits per heavy atom. The summed E-state index contributed by atoms with van der Waals surface area (Å²) in [5.74, 6) is 1.52. The van der Waals surface area contributed by atoms with Crippen LogP contribution in [0, 0.1) is 0 Å². The van der Waals surface area contributed by atoms with Crippen LogP contribution in [-0.2, 0) is 4.79 Å². The molecule has 1 aromatic heterocycles. The zero-order valence-corrected chi connectivity index (χ0v) is 17.6. The molecule has 0 saturated heterocycles. The van der Waals surface area contributed by atoms with Gasteiger partial charge in [-0.3, -0.25) is 4.79 Å². The number of amides is 1. The van der Waals surface area contributed by atoms with Crippen LogP contribution in [0.3, 0.4) is 0 Å². The molecule has 0 aliphatic carbocycles. The van der Waals surface area contributed by atoms with Crippen molar-refractivity contribution in [2.75, 3.05) is 18.2 Å². The van der Waals surface area contributed by atoms with Crippen molar-refractivity contribution in [1.29, 1.82) is 0 Å². The largest absolute Gasteiger partial charge is 0.497 e. The van der Waals surface area contributed by atoms with Gasteiger partial charge in [-0.2, -0.15) is 0 Å². The molecule has 1 N–H and O–H groups in total. The highest BCUT2D eigenvalue weighted by molar-refractivity contribution is 7.99. The molecule has 0 radical (unpaired) electrons. The fourth-order valence-electron chi connectivity index (χ4n) is 3.02. The van der Waals surface area contributed by atoms with E-state index in [1.54, 1.807) is 18.9 Å². The van der Waals surface area contributed by atoms with Crippen LogP contribution < -0.4 is 10.1 Å². The number of carbonyl (C=O) groups excluding carboxylic acids is 1. The number of carbonyl (C=O) groups is 1. The maximum absolute atomic E-state index is 12.3. The Labute approximate surface area is 177 Å². The van der Waals surface area contributed by atoms with Crippen LogP contribution in [0.4, 0.5) is 5.13 Å². The molecule has 6 heteroatoms. The molecule has 0 saturated carbocycles. The Balaban J connectivity index is 1.35. The SMILES string of the molecule is COc1ccc(SCCC(=O)Nc2nc(-c3cccc4ccccc34)cs2)cc1. The van der Waals surface area contributed by atoms with E-state index in [0.717, 1.165) is 27.3 Å². The maximum atomic E-state index is 12.3. The molecular formula is C23H20N2O2S2. The van der Waals surface area contributed by atoms with Crippen molar-refractivity contribution in [3.05, 3.63) is 72.1 Å². The Kier molecular flexibility index (Phi) is 6.12. The van der Waals surface area contributed by atoms with Gasteiger partial charge in [-0.05, 0) is 35.0 Å². The molecule has 1 heterocycles. The summed E-state index contributed by atoms with van der Waals surface area (Å²) in [6.07, 6.45) is 0.430. The first-order chi connectivity index (χ1) is 14.2. The van der Waals surface area contributed by atoms with Crippen molar-refractivity contribution < 1.29 is 9.53 Å². The topological polar surface area (TPSA) is 51.2 Å². The fourth-order valence-corrected chi connectivity index (χ4v) is 4.60. The lowest BCUT2D eigenvalue weighted by molar-refractivity contribution is -0.115. The molecule has 0 fully saturated rings. The maximum Gasteiger partial charge on any atom is 0.226 e. The number of nitrogens with one attached hydrogen (secondary N) is 1. The van der Waals surface area contributed by atoms with E-state index in [0.29, 0.717) is 17.3 Å². The summed E-state index contributed by atoms with van der Waals surface area (Å²) in [5.41, 5.74) is 1.96. The fraction of sp³-hybridized carbons (Fsp3) is 0.130. The number of rotatable bonds is 7. The van der Waals surface area contributed by atoms with Gasteiger partial charge in [0.05, 0.1) is 12.8 Å². The Morgan fingerprint density at radius 2 is 1.86 bits per heavy atom. The lowest BCUT2D eigenvalue weighted by Gasteiger charge is -2.04. The zero-order chi connectivity index (χ0) is 20.1. The summed E-state index contributed by atoms with van der Waals surface area (Å²) >= 11 is 3.10. The average molecular weight is 421 g/mol. The Bertz CT molecular complexity index is 1120. The Morgan fingerprint density at radius 1 is 1.07 bits per heavy atom. The van der Waals surface area contributed by atoms with Crippen LogP contribution in [0.1, 0.15) is 6.42 Å². The number of anilines is 1. The highest BCUT2D eigenvalue weighted by atomic mass is 32.2. The van der Waals surface area contributed by atoms with Gasteiger partial charge in [0.15, 0.2) is 5.13 Å². The third-order valence-electron chi connectivity index (χ3n) is 4.47. The van der Waals surface area contributed by atoms with Crippen LogP contribution >= 0.6 is 23.1 Å². The van der Waals surface area contributed by atoms with Gasteiger partial charge < -0.3 is 10.1 Å². The van der Waals surface area contributed by atoms with E-state index >= 15 is 0 Å². The monoisotopic (exact) mass is 420 g/mol. The van der Waals surface area contributed by atoms with Crippen LogP contribution in [0.15, 0.2) is 77.0 Å². The smallest absolute Gasteiger partial charge is 0.226 e. The second-order valence-corrected chi connectivity index (χ2v) is 8.41.